The fourth-order valence-corrected chi connectivity index (χ4v) is 1.09. The Balaban J connectivity index is 2.89. The van der Waals surface area contributed by atoms with Crippen LogP contribution in [0, 0.1) is 34.3 Å². The number of carbonyl (C=O) groups is 1. The third kappa shape index (κ3) is 3.41. The van der Waals surface area contributed by atoms with Crippen LogP contribution >= 0.6 is 0 Å². The van der Waals surface area contributed by atoms with Gasteiger partial charge in [-0.2, -0.15) is 10.5 Å². The second kappa shape index (κ2) is 5.98. The number of urea groups is 1. The lowest BCUT2D eigenvalue weighted by atomic mass is 10.3. The lowest BCUT2D eigenvalue weighted by Gasteiger charge is -2.08. The van der Waals surface area contributed by atoms with Crippen molar-refractivity contribution >= 4 is 11.7 Å². The minimum absolute atomic E-state index is 0.517. The van der Waals surface area contributed by atoms with Crippen LogP contribution in [0.3, 0.4) is 0 Å². The molecule has 8 heteroatoms. The Bertz CT molecular complexity index is 607. The van der Waals surface area contributed by atoms with Crippen molar-refractivity contribution in [2.45, 2.75) is 0 Å². The van der Waals surface area contributed by atoms with Gasteiger partial charge in [0.05, 0.1) is 0 Å². The van der Waals surface area contributed by atoms with Crippen molar-refractivity contribution < 1.29 is 13.6 Å². The van der Waals surface area contributed by atoms with Crippen molar-refractivity contribution in [1.82, 2.24) is 5.32 Å². The molecule has 0 radical (unpaired) electrons. The van der Waals surface area contributed by atoms with Crippen molar-refractivity contribution in [3.63, 3.8) is 0 Å². The van der Waals surface area contributed by atoms with Crippen molar-refractivity contribution in [3.05, 3.63) is 41.2 Å². The minimum Gasteiger partial charge on any atom is -0.388 e. The summed E-state index contributed by atoms with van der Waals surface area (Å²) in [5.74, 6) is -1.96. The highest BCUT2D eigenvalue weighted by Crippen LogP contribution is 2.17. The average molecular weight is 263 g/mol. The first-order valence-corrected chi connectivity index (χ1v) is 4.81. The van der Waals surface area contributed by atoms with E-state index in [4.69, 9.17) is 16.3 Å². The maximum atomic E-state index is 13.2. The molecule has 0 aliphatic carbocycles. The summed E-state index contributed by atoms with van der Waals surface area (Å²) in [5.41, 5.74) is 3.42. The van der Waals surface area contributed by atoms with Gasteiger partial charge in [-0.15, -0.1) is 0 Å². The summed E-state index contributed by atoms with van der Waals surface area (Å²) >= 11 is 0. The Morgan fingerprint density at radius 1 is 1.21 bits per heavy atom. The monoisotopic (exact) mass is 263 g/mol. The first kappa shape index (κ1) is 13.9. The van der Waals surface area contributed by atoms with Gasteiger partial charge in [-0.05, 0) is 12.1 Å². The molecule has 1 aromatic carbocycles. The number of allylic oxidation sites excluding steroid dienone is 2. The molecule has 0 fully saturated rings. The number of anilines is 1. The third-order valence-electron chi connectivity index (χ3n) is 1.94. The molecule has 0 heterocycles. The average Bonchev–Trinajstić information content (AvgIpc) is 2.39. The van der Waals surface area contributed by atoms with Crippen LogP contribution in [0.5, 0.6) is 0 Å². The lowest BCUT2D eigenvalue weighted by Crippen LogP contribution is -2.30. The number of para-hydroxylation sites is 1. The van der Waals surface area contributed by atoms with Crippen LogP contribution < -0.4 is 16.4 Å². The Hall–Kier alpha value is -3.13. The number of nitrogens with two attached hydrogens (primary N) is 1. The number of nitrogens with one attached hydrogen (secondary N) is 2. The topological polar surface area (TPSA) is 115 Å². The molecular weight excluding hydrogens is 256 g/mol. The molecule has 0 saturated carbocycles. The summed E-state index contributed by atoms with van der Waals surface area (Å²) in [6.07, 6.45) is 0. The largest absolute Gasteiger partial charge is 0.388 e. The van der Waals surface area contributed by atoms with Crippen LogP contribution in [0.1, 0.15) is 0 Å². The molecule has 0 aliphatic heterocycles. The van der Waals surface area contributed by atoms with E-state index in [9.17, 15) is 13.6 Å². The van der Waals surface area contributed by atoms with E-state index in [1.165, 1.54) is 12.1 Å². The van der Waals surface area contributed by atoms with E-state index in [1.807, 2.05) is 10.6 Å². The summed E-state index contributed by atoms with van der Waals surface area (Å²) in [6, 6.07) is 4.85. The normalized spacial score (nSPS) is 10.7. The highest BCUT2D eigenvalue weighted by molar-refractivity contribution is 5.91. The van der Waals surface area contributed by atoms with Gasteiger partial charge in [-0.1, -0.05) is 6.07 Å². The molecule has 1 aromatic rings. The van der Waals surface area contributed by atoms with Crippen molar-refractivity contribution in [3.8, 4) is 12.1 Å². The maximum absolute atomic E-state index is 13.2. The zero-order valence-corrected chi connectivity index (χ0v) is 9.37. The first-order valence-electron chi connectivity index (χ1n) is 4.81. The molecule has 0 bridgehead atoms. The number of hydrogen-bond acceptors (Lipinski definition) is 4. The van der Waals surface area contributed by atoms with E-state index in [1.54, 1.807) is 0 Å². The van der Waals surface area contributed by atoms with Gasteiger partial charge in [-0.25, -0.2) is 13.6 Å². The highest BCUT2D eigenvalue weighted by atomic mass is 19.1. The number of hydrogen-bond donors (Lipinski definition) is 3. The maximum Gasteiger partial charge on any atom is 0.324 e. The van der Waals surface area contributed by atoms with Gasteiger partial charge in [0.15, 0.2) is 5.70 Å². The molecule has 0 atom stereocenters. The molecule has 0 aromatic heterocycles. The number of nitriles is 2. The Labute approximate surface area is 106 Å². The number of amides is 2. The van der Waals surface area contributed by atoms with E-state index in [-0.39, 0.29) is 0 Å². The summed E-state index contributed by atoms with van der Waals surface area (Å²) < 4.78 is 26.4. The Kier molecular flexibility index (Phi) is 4.39. The van der Waals surface area contributed by atoms with E-state index in [0.717, 1.165) is 18.2 Å². The van der Waals surface area contributed by atoms with Crippen LogP contribution in [-0.4, -0.2) is 6.03 Å². The van der Waals surface area contributed by atoms with Crippen LogP contribution in [0.15, 0.2) is 29.6 Å². The van der Waals surface area contributed by atoms with Gasteiger partial charge in [-0.3, -0.25) is 5.32 Å². The minimum atomic E-state index is -1.10. The van der Waals surface area contributed by atoms with Gasteiger partial charge in [0.1, 0.15) is 35.2 Å². The Morgan fingerprint density at radius 2 is 1.79 bits per heavy atom. The molecule has 0 spiro atoms. The molecular formula is C11H7F2N5O. The summed E-state index contributed by atoms with van der Waals surface area (Å²) in [4.78, 5) is 11.4. The quantitative estimate of drug-likeness (QED) is 0.697. The van der Waals surface area contributed by atoms with Crippen molar-refractivity contribution in [2.24, 2.45) is 5.73 Å². The van der Waals surface area contributed by atoms with Crippen LogP contribution in [0.4, 0.5) is 19.3 Å². The zero-order chi connectivity index (χ0) is 14.4. The molecule has 4 N–H and O–H groups in total. The lowest BCUT2D eigenvalue weighted by molar-refractivity contribution is 0.254. The predicted molar refractivity (Wildman–Crippen MR) is 61.0 cm³/mol. The van der Waals surface area contributed by atoms with Crippen LogP contribution in [-0.2, 0) is 0 Å². The van der Waals surface area contributed by atoms with Crippen molar-refractivity contribution in [2.75, 3.05) is 5.32 Å². The van der Waals surface area contributed by atoms with E-state index in [2.05, 4.69) is 0 Å². The molecule has 6 nitrogen and oxygen atoms in total. The molecule has 0 saturated heterocycles. The molecule has 96 valence electrons. The molecule has 0 unspecified atom stereocenters. The fourth-order valence-electron chi connectivity index (χ4n) is 1.09. The summed E-state index contributed by atoms with van der Waals surface area (Å²) in [6.45, 7) is 0. The fraction of sp³-hybridized carbons (Fsp3) is 0. The molecule has 1 rings (SSSR count). The highest BCUT2D eigenvalue weighted by Gasteiger charge is 2.13. The summed E-state index contributed by atoms with van der Waals surface area (Å²) in [7, 11) is 0. The second-order valence-corrected chi connectivity index (χ2v) is 3.19. The van der Waals surface area contributed by atoms with Crippen LogP contribution in [0.25, 0.3) is 0 Å². The number of nitrogens with zero attached hydrogens (tertiary/aromatic N) is 2. The van der Waals surface area contributed by atoms with E-state index in [0.29, 0.717) is 0 Å². The summed E-state index contributed by atoms with van der Waals surface area (Å²) in [5, 5.41) is 20.9. The number of carbonyl (C=O) groups excluding carboxylic acids is 1. The number of rotatable bonds is 2. The van der Waals surface area contributed by atoms with Gasteiger partial charge >= 0.3 is 6.03 Å². The van der Waals surface area contributed by atoms with Gasteiger partial charge < -0.3 is 11.1 Å². The SMILES string of the molecule is N#C/C(N)=C(\C#N)NC(=O)Nc1c(F)cccc1F. The number of halogens is 2. The zero-order valence-electron chi connectivity index (χ0n) is 9.37. The first-order chi connectivity index (χ1) is 8.99. The third-order valence-corrected chi connectivity index (χ3v) is 1.94. The smallest absolute Gasteiger partial charge is 0.324 e. The molecule has 0 aliphatic rings. The van der Waals surface area contributed by atoms with Gasteiger partial charge in [0.2, 0.25) is 0 Å². The van der Waals surface area contributed by atoms with E-state index >= 15 is 0 Å². The Morgan fingerprint density at radius 3 is 2.26 bits per heavy atom. The van der Waals surface area contributed by atoms with E-state index < -0.39 is 34.7 Å². The standard InChI is InChI=1S/C11H7F2N5O/c12-6-2-1-3-7(13)10(6)18-11(19)17-9(5-15)8(16)4-14/h1-3H,16H2,(H2,17,18,19)/b9-8-. The van der Waals surface area contributed by atoms with Gasteiger partial charge in [0, 0.05) is 0 Å². The second-order valence-electron chi connectivity index (χ2n) is 3.19. The molecule has 2 amide bonds. The van der Waals surface area contributed by atoms with Gasteiger partial charge in [0.25, 0.3) is 0 Å². The van der Waals surface area contributed by atoms with Crippen molar-refractivity contribution in [1.29, 1.82) is 10.5 Å². The number of benzene rings is 1. The predicted octanol–water partition coefficient (Wildman–Crippen LogP) is 1.30. The molecule has 19 heavy (non-hydrogen) atoms. The van der Waals surface area contributed by atoms with Crippen LogP contribution in [0.2, 0.25) is 0 Å².